The van der Waals surface area contributed by atoms with Crippen molar-refractivity contribution in [1.82, 2.24) is 0 Å². The van der Waals surface area contributed by atoms with Crippen LogP contribution in [0.15, 0.2) is 84.9 Å². The van der Waals surface area contributed by atoms with Crippen LogP contribution in [0.5, 0.6) is 0 Å². The molecule has 0 unspecified atom stereocenters. The van der Waals surface area contributed by atoms with Crippen LogP contribution >= 0.6 is 0 Å². The molecular weight excluding hydrogens is 306 g/mol. The molecule has 3 rings (SSSR count). The minimum atomic E-state index is -0.927. The molecule has 1 N–H and O–H groups in total. The molecule has 0 fully saturated rings. The van der Waals surface area contributed by atoms with Crippen LogP contribution in [-0.2, 0) is 22.6 Å². The monoisotopic (exact) mass is 320 g/mol. The molecule has 0 spiro atoms. The summed E-state index contributed by atoms with van der Waals surface area (Å²) < 4.78 is 0. The molecular formula is C19H15CuN. The zero-order valence-corrected chi connectivity index (χ0v) is 12.3. The largest absolute Gasteiger partial charge is 2.00 e. The normalized spacial score (nSPS) is 10.7. The van der Waals surface area contributed by atoms with Gasteiger partial charge in [-0.25, -0.2) is 0 Å². The van der Waals surface area contributed by atoms with Crippen molar-refractivity contribution in [2.24, 2.45) is 0 Å². The molecule has 0 aliphatic carbocycles. The van der Waals surface area contributed by atoms with Gasteiger partial charge in [-0.2, -0.15) is 35.9 Å². The maximum absolute atomic E-state index is 9.11. The van der Waals surface area contributed by atoms with Crippen LogP contribution in [-0.4, -0.2) is 0 Å². The molecule has 0 aromatic heterocycles. The van der Waals surface area contributed by atoms with Crippen molar-refractivity contribution < 1.29 is 17.1 Å². The molecule has 0 aliphatic heterocycles. The van der Waals surface area contributed by atoms with Crippen LogP contribution in [0.2, 0.25) is 0 Å². The molecule has 3 aromatic rings. The Bertz CT molecular complexity index is 569. The average molecular weight is 321 g/mol. The van der Waals surface area contributed by atoms with Gasteiger partial charge in [-0.1, -0.05) is 77.3 Å². The average Bonchev–Trinajstić information content (AvgIpc) is 2.56. The smallest absolute Gasteiger partial charge is 0.662 e. The van der Waals surface area contributed by atoms with Crippen LogP contribution in [0.25, 0.3) is 5.73 Å². The Morgan fingerprint density at radius 1 is 0.667 bits per heavy atom. The Balaban J connectivity index is 0.00000161. The van der Waals surface area contributed by atoms with Crippen LogP contribution < -0.4 is 0 Å². The second kappa shape index (κ2) is 6.73. The van der Waals surface area contributed by atoms with Crippen LogP contribution in [0.3, 0.4) is 0 Å². The first kappa shape index (κ1) is 15.5. The van der Waals surface area contributed by atoms with E-state index in [1.165, 1.54) is 0 Å². The topological polar surface area (TPSA) is 23.8 Å². The summed E-state index contributed by atoms with van der Waals surface area (Å²) in [6, 6.07) is 30.8. The van der Waals surface area contributed by atoms with Crippen molar-refractivity contribution in [2.75, 3.05) is 0 Å². The summed E-state index contributed by atoms with van der Waals surface area (Å²) in [7, 11) is 0. The second-order valence-electron chi connectivity index (χ2n) is 4.76. The summed E-state index contributed by atoms with van der Waals surface area (Å²) in [4.78, 5) is 0. The Morgan fingerprint density at radius 3 is 1.57 bits per heavy atom. The zero-order valence-electron chi connectivity index (χ0n) is 11.4. The van der Waals surface area contributed by atoms with E-state index in [0.29, 0.717) is 0 Å². The van der Waals surface area contributed by atoms with Crippen molar-refractivity contribution in [1.29, 1.82) is 0 Å². The van der Waals surface area contributed by atoms with Crippen LogP contribution in [0.4, 0.5) is 0 Å². The van der Waals surface area contributed by atoms with Gasteiger partial charge in [0.25, 0.3) is 0 Å². The Labute approximate surface area is 136 Å². The Hall–Kier alpha value is -1.86. The van der Waals surface area contributed by atoms with E-state index in [1.807, 2.05) is 84.9 Å². The fourth-order valence-electron chi connectivity index (χ4n) is 2.48. The fourth-order valence-corrected chi connectivity index (χ4v) is 2.48. The van der Waals surface area contributed by atoms with Gasteiger partial charge in [-0.15, -0.1) is 0 Å². The number of nitrogens with one attached hydrogen (secondary N) is 1. The van der Waals surface area contributed by atoms with Crippen molar-refractivity contribution in [3.8, 4) is 0 Å². The maximum Gasteiger partial charge on any atom is 2.00 e. The number of benzene rings is 3. The van der Waals surface area contributed by atoms with Crippen LogP contribution in [0.1, 0.15) is 16.7 Å². The first-order chi connectivity index (χ1) is 9.82. The predicted octanol–water partition coefficient (Wildman–Crippen LogP) is 4.83. The van der Waals surface area contributed by atoms with E-state index in [-0.39, 0.29) is 17.1 Å². The van der Waals surface area contributed by atoms with Gasteiger partial charge in [0, 0.05) is 0 Å². The van der Waals surface area contributed by atoms with Gasteiger partial charge in [0.1, 0.15) is 0 Å². The summed E-state index contributed by atoms with van der Waals surface area (Å²) in [6.45, 7) is 0. The summed E-state index contributed by atoms with van der Waals surface area (Å²) in [5, 5.41) is 0. The Morgan fingerprint density at radius 2 is 1.14 bits per heavy atom. The molecule has 0 aliphatic rings. The SMILES string of the molecule is [Cu+2].[NH-]C(c1[c-]cccc1)(c1ccccc1)c1ccccc1. The second-order valence-corrected chi connectivity index (χ2v) is 4.76. The van der Waals surface area contributed by atoms with Crippen molar-refractivity contribution in [2.45, 2.75) is 5.54 Å². The summed E-state index contributed by atoms with van der Waals surface area (Å²) >= 11 is 0. The molecule has 0 bridgehead atoms. The quantitative estimate of drug-likeness (QED) is 0.375. The fraction of sp³-hybridized carbons (Fsp3) is 0.0526. The van der Waals surface area contributed by atoms with E-state index >= 15 is 0 Å². The molecule has 0 atom stereocenters. The van der Waals surface area contributed by atoms with E-state index in [2.05, 4.69) is 6.07 Å². The molecule has 2 heteroatoms. The van der Waals surface area contributed by atoms with Crippen molar-refractivity contribution in [3.05, 3.63) is 113 Å². The molecule has 3 aromatic carbocycles. The van der Waals surface area contributed by atoms with E-state index < -0.39 is 5.54 Å². The maximum atomic E-state index is 9.11. The van der Waals surface area contributed by atoms with E-state index in [4.69, 9.17) is 5.73 Å². The third-order valence-corrected chi connectivity index (χ3v) is 3.53. The van der Waals surface area contributed by atoms with Crippen molar-refractivity contribution in [3.63, 3.8) is 0 Å². The van der Waals surface area contributed by atoms with Gasteiger partial charge < -0.3 is 5.73 Å². The third kappa shape index (κ3) is 2.93. The van der Waals surface area contributed by atoms with E-state index in [9.17, 15) is 0 Å². The summed E-state index contributed by atoms with van der Waals surface area (Å²) in [6.07, 6.45) is 0. The van der Waals surface area contributed by atoms with E-state index in [1.54, 1.807) is 0 Å². The van der Waals surface area contributed by atoms with Gasteiger partial charge in [0.15, 0.2) is 0 Å². The van der Waals surface area contributed by atoms with Crippen molar-refractivity contribution >= 4 is 0 Å². The molecule has 107 valence electrons. The minimum Gasteiger partial charge on any atom is -0.662 e. The van der Waals surface area contributed by atoms with E-state index in [0.717, 1.165) is 16.7 Å². The summed E-state index contributed by atoms with van der Waals surface area (Å²) in [5.41, 5.74) is 10.9. The van der Waals surface area contributed by atoms with Gasteiger partial charge in [0.05, 0.1) is 0 Å². The minimum absolute atomic E-state index is 0. The number of rotatable bonds is 3. The van der Waals surface area contributed by atoms with Gasteiger partial charge in [-0.05, 0) is 0 Å². The predicted molar refractivity (Wildman–Crippen MR) is 82.4 cm³/mol. The molecule has 0 heterocycles. The molecule has 1 radical (unpaired) electrons. The molecule has 0 saturated heterocycles. The van der Waals surface area contributed by atoms with Gasteiger partial charge in [0.2, 0.25) is 0 Å². The van der Waals surface area contributed by atoms with Gasteiger partial charge >= 0.3 is 17.1 Å². The molecule has 1 nitrogen and oxygen atoms in total. The summed E-state index contributed by atoms with van der Waals surface area (Å²) in [5.74, 6) is 0. The molecule has 21 heavy (non-hydrogen) atoms. The number of hydrogen-bond acceptors (Lipinski definition) is 0. The van der Waals surface area contributed by atoms with Gasteiger partial charge in [-0.3, -0.25) is 0 Å². The van der Waals surface area contributed by atoms with Crippen LogP contribution in [0, 0.1) is 6.07 Å². The molecule has 0 amide bonds. The zero-order chi connectivity index (χ0) is 13.8. The first-order valence-corrected chi connectivity index (χ1v) is 6.65. The standard InChI is InChI=1S/C19H15N.Cu/c20-19(16-10-4-1-5-11-16,17-12-6-2-7-13-17)18-14-8-3-9-15-18;/h1-14,20H;/q-2;+2. The first-order valence-electron chi connectivity index (χ1n) is 6.65. The third-order valence-electron chi connectivity index (χ3n) is 3.53. The Kier molecular flexibility index (Phi) is 4.98. The molecule has 0 saturated carbocycles. The number of hydrogen-bond donors (Lipinski definition) is 0.